The molecule has 0 bridgehead atoms. The van der Waals surface area contributed by atoms with Crippen LogP contribution in [0.25, 0.3) is 0 Å². The fourth-order valence-electron chi connectivity index (χ4n) is 3.43. The van der Waals surface area contributed by atoms with E-state index in [2.05, 4.69) is 5.32 Å². The normalized spacial score (nSPS) is 16.1. The maximum Gasteiger partial charge on any atom is 0.322 e. The van der Waals surface area contributed by atoms with Crippen LogP contribution in [-0.4, -0.2) is 46.7 Å². The van der Waals surface area contributed by atoms with Crippen LogP contribution < -0.4 is 10.1 Å². The first-order valence-corrected chi connectivity index (χ1v) is 10.0. The van der Waals surface area contributed by atoms with Crippen molar-refractivity contribution in [2.24, 2.45) is 5.92 Å². The molecule has 1 unspecified atom stereocenters. The van der Waals surface area contributed by atoms with E-state index in [0.29, 0.717) is 5.75 Å². The van der Waals surface area contributed by atoms with Crippen LogP contribution in [0.4, 0.5) is 4.39 Å². The number of aryl methyl sites for hydroxylation is 1. The van der Waals surface area contributed by atoms with Crippen molar-refractivity contribution in [2.75, 3.05) is 13.1 Å². The second kappa shape index (κ2) is 10.0. The molecule has 0 aromatic heterocycles. The minimum Gasteiger partial charge on any atom is -0.489 e. The molecule has 2 N–H and O–H groups in total. The third-order valence-corrected chi connectivity index (χ3v) is 5.11. The number of Topliss-reactive ketones (excluding diaryl/α,β-unsaturated/α-hetero) is 1. The predicted octanol–water partition coefficient (Wildman–Crippen LogP) is 1.83. The number of nitrogens with zero attached hydrogens (tertiary/aromatic N) is 1. The molecule has 8 nitrogen and oxygen atoms in total. The number of carboxylic acid groups (broad SMARTS) is 1. The molecule has 168 valence electrons. The molecule has 1 atom stereocenters. The lowest BCUT2D eigenvalue weighted by Gasteiger charge is -2.31. The van der Waals surface area contributed by atoms with E-state index in [1.807, 2.05) is 13.0 Å². The molecule has 1 aliphatic rings. The van der Waals surface area contributed by atoms with Crippen LogP contribution in [0.2, 0.25) is 0 Å². The monoisotopic (exact) mass is 442 g/mol. The van der Waals surface area contributed by atoms with Gasteiger partial charge in [0.25, 0.3) is 0 Å². The minimum atomic E-state index is -1.53. The predicted molar refractivity (Wildman–Crippen MR) is 111 cm³/mol. The van der Waals surface area contributed by atoms with Crippen molar-refractivity contribution in [2.45, 2.75) is 26.5 Å². The number of rotatable bonds is 8. The smallest absolute Gasteiger partial charge is 0.322 e. The summed E-state index contributed by atoms with van der Waals surface area (Å²) in [4.78, 5) is 49.0. The summed E-state index contributed by atoms with van der Waals surface area (Å²) in [5.41, 5.74) is 2.45. The summed E-state index contributed by atoms with van der Waals surface area (Å²) >= 11 is 0. The Hall–Kier alpha value is -3.75. The standard InChI is InChI=1S/C23H23FN2O6/c1-14-10-16(4-7-19(14)32-13-15-2-5-17(24)6-3-15)12-26-9-8-18(27)21(23(26)31)22(30)25-11-20(28)29/h2-7,10,21H,8-9,11-13H2,1H3,(H,25,30)(H,28,29). The van der Waals surface area contributed by atoms with Crippen LogP contribution in [0.5, 0.6) is 5.75 Å². The molecule has 32 heavy (non-hydrogen) atoms. The van der Waals surface area contributed by atoms with Gasteiger partial charge in [0.1, 0.15) is 24.7 Å². The van der Waals surface area contributed by atoms with E-state index in [-0.39, 0.29) is 31.9 Å². The van der Waals surface area contributed by atoms with Gasteiger partial charge in [0.2, 0.25) is 11.8 Å². The number of hydrogen-bond donors (Lipinski definition) is 2. The van der Waals surface area contributed by atoms with Crippen LogP contribution in [0, 0.1) is 18.7 Å². The summed E-state index contributed by atoms with van der Waals surface area (Å²) in [6.45, 7) is 1.86. The van der Waals surface area contributed by atoms with Gasteiger partial charge < -0.3 is 20.1 Å². The summed E-state index contributed by atoms with van der Waals surface area (Å²) in [5.74, 6) is -4.51. The molecule has 3 rings (SSSR count). The molecule has 2 aromatic carbocycles. The third kappa shape index (κ3) is 5.69. The number of carbonyl (C=O) groups excluding carboxylic acids is 3. The number of hydrogen-bond acceptors (Lipinski definition) is 5. The van der Waals surface area contributed by atoms with Gasteiger partial charge in [0, 0.05) is 19.5 Å². The Balaban J connectivity index is 1.63. The molecule has 1 saturated heterocycles. The first-order chi connectivity index (χ1) is 15.2. The number of benzene rings is 2. The van der Waals surface area contributed by atoms with E-state index >= 15 is 0 Å². The second-order valence-electron chi connectivity index (χ2n) is 7.54. The van der Waals surface area contributed by atoms with E-state index in [1.54, 1.807) is 24.3 Å². The molecule has 2 amide bonds. The van der Waals surface area contributed by atoms with Gasteiger partial charge in [-0.1, -0.05) is 24.3 Å². The number of carboxylic acids is 1. The fourth-order valence-corrected chi connectivity index (χ4v) is 3.43. The van der Waals surface area contributed by atoms with Crippen molar-refractivity contribution in [1.29, 1.82) is 0 Å². The van der Waals surface area contributed by atoms with Crippen LogP contribution in [0.1, 0.15) is 23.1 Å². The number of amides is 2. The van der Waals surface area contributed by atoms with Gasteiger partial charge in [-0.3, -0.25) is 19.2 Å². The maximum atomic E-state index is 13.0. The van der Waals surface area contributed by atoms with Crippen LogP contribution in [0.15, 0.2) is 42.5 Å². The van der Waals surface area contributed by atoms with Crippen molar-refractivity contribution in [3.63, 3.8) is 0 Å². The van der Waals surface area contributed by atoms with Crippen molar-refractivity contribution < 1.29 is 33.4 Å². The lowest BCUT2D eigenvalue weighted by atomic mass is 9.94. The second-order valence-corrected chi connectivity index (χ2v) is 7.54. The first-order valence-electron chi connectivity index (χ1n) is 10.0. The molecule has 2 aromatic rings. The molecule has 0 radical (unpaired) electrons. The quantitative estimate of drug-likeness (QED) is 0.603. The van der Waals surface area contributed by atoms with E-state index in [4.69, 9.17) is 9.84 Å². The van der Waals surface area contributed by atoms with Crippen molar-refractivity contribution in [1.82, 2.24) is 10.2 Å². The summed E-state index contributed by atoms with van der Waals surface area (Å²) in [5, 5.41) is 10.8. The number of piperidine rings is 1. The highest BCUT2D eigenvalue weighted by atomic mass is 19.1. The van der Waals surface area contributed by atoms with Gasteiger partial charge in [-0.15, -0.1) is 0 Å². The molecule has 1 heterocycles. The lowest BCUT2D eigenvalue weighted by molar-refractivity contribution is -0.152. The Morgan fingerprint density at radius 3 is 2.50 bits per heavy atom. The number of nitrogens with one attached hydrogen (secondary N) is 1. The number of aliphatic carboxylic acids is 1. The fraction of sp³-hybridized carbons (Fsp3) is 0.304. The summed E-state index contributed by atoms with van der Waals surface area (Å²) in [6.07, 6.45) is 0.0226. The number of halogens is 1. The zero-order valence-electron chi connectivity index (χ0n) is 17.5. The molecule has 1 fully saturated rings. The molecule has 0 aliphatic carbocycles. The summed E-state index contributed by atoms with van der Waals surface area (Å²) < 4.78 is 18.8. The Bertz CT molecular complexity index is 1040. The van der Waals surface area contributed by atoms with Gasteiger partial charge >= 0.3 is 5.97 Å². The highest BCUT2D eigenvalue weighted by molar-refractivity contribution is 6.19. The Labute approximate surface area is 184 Å². The van der Waals surface area contributed by atoms with Crippen molar-refractivity contribution in [3.05, 3.63) is 65.0 Å². The van der Waals surface area contributed by atoms with E-state index < -0.39 is 36.0 Å². The lowest BCUT2D eigenvalue weighted by Crippen LogP contribution is -2.52. The van der Waals surface area contributed by atoms with Crippen LogP contribution in [-0.2, 0) is 32.3 Å². The molecule has 1 aliphatic heterocycles. The average molecular weight is 442 g/mol. The average Bonchev–Trinajstić information content (AvgIpc) is 2.75. The molecule has 0 saturated carbocycles. The third-order valence-electron chi connectivity index (χ3n) is 5.11. The molecule has 0 spiro atoms. The van der Waals surface area contributed by atoms with E-state index in [0.717, 1.165) is 16.7 Å². The van der Waals surface area contributed by atoms with Crippen molar-refractivity contribution in [3.8, 4) is 5.75 Å². The van der Waals surface area contributed by atoms with Crippen molar-refractivity contribution >= 4 is 23.6 Å². The Morgan fingerprint density at radius 1 is 1.16 bits per heavy atom. The van der Waals surface area contributed by atoms with Gasteiger partial charge in [-0.25, -0.2) is 4.39 Å². The van der Waals surface area contributed by atoms with Gasteiger partial charge in [0.15, 0.2) is 11.7 Å². The zero-order chi connectivity index (χ0) is 23.3. The Kier molecular flexibility index (Phi) is 7.19. The Morgan fingerprint density at radius 2 is 1.84 bits per heavy atom. The number of ether oxygens (including phenoxy) is 1. The van der Waals surface area contributed by atoms with Crippen LogP contribution >= 0.6 is 0 Å². The van der Waals surface area contributed by atoms with Crippen LogP contribution in [0.3, 0.4) is 0 Å². The zero-order valence-corrected chi connectivity index (χ0v) is 17.5. The topological polar surface area (TPSA) is 113 Å². The maximum absolute atomic E-state index is 13.0. The summed E-state index contributed by atoms with van der Waals surface area (Å²) in [7, 11) is 0. The van der Waals surface area contributed by atoms with E-state index in [1.165, 1.54) is 17.0 Å². The SMILES string of the molecule is Cc1cc(CN2CCC(=O)C(C(=O)NCC(=O)O)C2=O)ccc1OCc1ccc(F)cc1. The number of likely N-dealkylation sites (tertiary alicyclic amines) is 1. The minimum absolute atomic E-state index is 0.0226. The molecule has 9 heteroatoms. The van der Waals surface area contributed by atoms with E-state index in [9.17, 15) is 23.6 Å². The largest absolute Gasteiger partial charge is 0.489 e. The summed E-state index contributed by atoms with van der Waals surface area (Å²) in [6, 6.07) is 11.4. The van der Waals surface area contributed by atoms with Gasteiger partial charge in [0.05, 0.1) is 0 Å². The van der Waals surface area contributed by atoms with Gasteiger partial charge in [-0.2, -0.15) is 0 Å². The molecular weight excluding hydrogens is 419 g/mol. The number of carbonyl (C=O) groups is 4. The highest BCUT2D eigenvalue weighted by Gasteiger charge is 2.40. The highest BCUT2D eigenvalue weighted by Crippen LogP contribution is 2.23. The van der Waals surface area contributed by atoms with Gasteiger partial charge in [-0.05, 0) is 41.8 Å². The molecular formula is C23H23FN2O6. The first kappa shape index (κ1) is 22.9. The number of ketones is 1.